The van der Waals surface area contributed by atoms with E-state index in [9.17, 15) is 22.4 Å². The Morgan fingerprint density at radius 2 is 1.77 bits per heavy atom. The predicted octanol–water partition coefficient (Wildman–Crippen LogP) is 5.20. The van der Waals surface area contributed by atoms with E-state index in [4.69, 9.17) is 4.42 Å². The summed E-state index contributed by atoms with van der Waals surface area (Å²) in [5.74, 6) is -0.430. The van der Waals surface area contributed by atoms with Gasteiger partial charge in [-0.2, -0.15) is 0 Å². The molecule has 1 amide bonds. The maximum atomic E-state index is 14.4. The van der Waals surface area contributed by atoms with Gasteiger partial charge >= 0.3 is 0 Å². The molecular formula is C31H26FN5O5S. The van der Waals surface area contributed by atoms with Crippen molar-refractivity contribution in [2.45, 2.75) is 6.92 Å². The molecule has 218 valence electrons. The summed E-state index contributed by atoms with van der Waals surface area (Å²) in [5, 5.41) is 3.36. The molecule has 0 aliphatic rings. The maximum absolute atomic E-state index is 14.4. The van der Waals surface area contributed by atoms with Gasteiger partial charge < -0.3 is 19.7 Å². The van der Waals surface area contributed by atoms with Crippen LogP contribution in [0.1, 0.15) is 15.9 Å². The molecule has 0 fully saturated rings. The minimum Gasteiger partial charge on any atom is -0.455 e. The number of H-pyrrole nitrogens is 2. The van der Waals surface area contributed by atoms with E-state index < -0.39 is 27.3 Å². The smallest absolute Gasteiger partial charge is 0.255 e. The lowest BCUT2D eigenvalue weighted by molar-refractivity contribution is 0.0964. The van der Waals surface area contributed by atoms with Crippen molar-refractivity contribution in [3.05, 3.63) is 94.0 Å². The number of amides is 1. The van der Waals surface area contributed by atoms with Crippen molar-refractivity contribution in [1.82, 2.24) is 20.3 Å². The second-order valence-corrected chi connectivity index (χ2v) is 12.2. The van der Waals surface area contributed by atoms with Crippen molar-refractivity contribution < 1.29 is 22.0 Å². The van der Waals surface area contributed by atoms with Crippen LogP contribution in [0.5, 0.6) is 0 Å². The highest BCUT2D eigenvalue weighted by Gasteiger charge is 2.26. The van der Waals surface area contributed by atoms with E-state index in [2.05, 4.69) is 20.3 Å². The number of nitrogens with one attached hydrogen (secondary N) is 3. The van der Waals surface area contributed by atoms with Crippen LogP contribution in [-0.2, 0) is 10.0 Å². The van der Waals surface area contributed by atoms with Gasteiger partial charge in [-0.05, 0) is 31.2 Å². The van der Waals surface area contributed by atoms with E-state index in [1.54, 1.807) is 18.2 Å². The van der Waals surface area contributed by atoms with E-state index in [0.717, 1.165) is 16.1 Å². The van der Waals surface area contributed by atoms with Gasteiger partial charge in [0.25, 0.3) is 11.5 Å². The molecule has 0 atom stereocenters. The third-order valence-electron chi connectivity index (χ3n) is 7.29. The number of aryl methyl sites for hydroxylation is 1. The number of carbonyl (C=O) groups is 1. The zero-order valence-electron chi connectivity index (χ0n) is 23.6. The molecule has 0 aliphatic carbocycles. The molecule has 0 unspecified atom stereocenters. The van der Waals surface area contributed by atoms with Gasteiger partial charge in [-0.25, -0.2) is 17.8 Å². The number of anilines is 1. The van der Waals surface area contributed by atoms with Crippen LogP contribution < -0.4 is 15.2 Å². The first-order valence-electron chi connectivity index (χ1n) is 13.2. The molecule has 0 spiro atoms. The van der Waals surface area contributed by atoms with Gasteiger partial charge in [-0.3, -0.25) is 13.9 Å². The van der Waals surface area contributed by atoms with Crippen LogP contribution in [0, 0.1) is 12.7 Å². The Kier molecular flexibility index (Phi) is 6.65. The molecule has 0 aliphatic heterocycles. The summed E-state index contributed by atoms with van der Waals surface area (Å²) >= 11 is 0. The summed E-state index contributed by atoms with van der Waals surface area (Å²) in [7, 11) is -0.906. The summed E-state index contributed by atoms with van der Waals surface area (Å²) in [4.78, 5) is 36.5. The summed E-state index contributed by atoms with van der Waals surface area (Å²) < 4.78 is 47.1. The Balaban J connectivity index is 1.64. The lowest BCUT2D eigenvalue weighted by Gasteiger charge is -2.20. The Bertz CT molecular complexity index is 2230. The van der Waals surface area contributed by atoms with Crippen molar-refractivity contribution in [2.24, 2.45) is 0 Å². The van der Waals surface area contributed by atoms with Gasteiger partial charge in [0, 0.05) is 53.6 Å². The van der Waals surface area contributed by atoms with E-state index in [1.165, 1.54) is 38.4 Å². The fourth-order valence-electron chi connectivity index (χ4n) is 5.00. The average molecular weight is 600 g/mol. The van der Waals surface area contributed by atoms with Crippen LogP contribution in [0.15, 0.2) is 75.9 Å². The normalized spacial score (nSPS) is 11.7. The summed E-state index contributed by atoms with van der Waals surface area (Å²) in [5.41, 5.74) is 3.10. The van der Waals surface area contributed by atoms with Crippen LogP contribution >= 0.6 is 0 Å². The number of hydrogen-bond acceptors (Lipinski definition) is 6. The molecule has 3 aromatic carbocycles. The standard InChI is InChI=1S/C31H26FN5O5S/c1-16-8-10-17(11-9-16)29-28(31(39)33-2)20-12-19(25(15-26(20)42-29)37(3)43(4,40)41)23-14-27(38)36-30(35-23)24-13-18-21(32)6-5-7-22(18)34-24/h5-15,34H,1-4H3,(H,33,39)(H,35,36,38). The van der Waals surface area contributed by atoms with Crippen molar-refractivity contribution >= 4 is 43.5 Å². The fraction of sp³-hybridized carbons (Fsp3) is 0.129. The number of benzene rings is 3. The third kappa shape index (κ3) is 4.95. The third-order valence-corrected chi connectivity index (χ3v) is 8.49. The highest BCUT2D eigenvalue weighted by Crippen LogP contribution is 2.41. The van der Waals surface area contributed by atoms with Gasteiger partial charge in [0.15, 0.2) is 5.82 Å². The number of aromatic amines is 2. The molecule has 0 bridgehead atoms. The monoisotopic (exact) mass is 599 g/mol. The summed E-state index contributed by atoms with van der Waals surface area (Å²) in [6.07, 6.45) is 1.05. The van der Waals surface area contributed by atoms with Gasteiger partial charge in [-0.1, -0.05) is 35.9 Å². The minimum absolute atomic E-state index is 0.116. The second-order valence-electron chi connectivity index (χ2n) is 10.2. The Labute approximate surface area is 245 Å². The first-order chi connectivity index (χ1) is 20.4. The zero-order valence-corrected chi connectivity index (χ0v) is 24.4. The predicted molar refractivity (Wildman–Crippen MR) is 164 cm³/mol. The van der Waals surface area contributed by atoms with E-state index >= 15 is 0 Å². The maximum Gasteiger partial charge on any atom is 0.255 e. The lowest BCUT2D eigenvalue weighted by Crippen LogP contribution is -2.25. The Morgan fingerprint density at radius 1 is 1.02 bits per heavy atom. The van der Waals surface area contributed by atoms with Crippen LogP contribution in [0.25, 0.3) is 56.0 Å². The number of nitrogens with zero attached hydrogens (tertiary/aromatic N) is 2. The van der Waals surface area contributed by atoms with Crippen molar-refractivity contribution in [3.8, 4) is 34.1 Å². The van der Waals surface area contributed by atoms with Gasteiger partial charge in [0.1, 0.15) is 17.2 Å². The fourth-order valence-corrected chi connectivity index (χ4v) is 5.51. The average Bonchev–Trinajstić information content (AvgIpc) is 3.58. The number of rotatable bonds is 6. The topological polar surface area (TPSA) is 141 Å². The molecule has 12 heteroatoms. The summed E-state index contributed by atoms with van der Waals surface area (Å²) in [6, 6.07) is 17.9. The largest absolute Gasteiger partial charge is 0.455 e. The first-order valence-corrected chi connectivity index (χ1v) is 15.0. The number of furan rings is 1. The molecule has 3 aromatic heterocycles. The number of sulfonamides is 1. The van der Waals surface area contributed by atoms with Crippen LogP contribution in [-0.4, -0.2) is 49.6 Å². The number of halogens is 1. The van der Waals surface area contributed by atoms with Gasteiger partial charge in [-0.15, -0.1) is 0 Å². The Hall–Kier alpha value is -5.23. The molecule has 6 rings (SSSR count). The second kappa shape index (κ2) is 10.2. The molecule has 3 N–H and O–H groups in total. The summed E-state index contributed by atoms with van der Waals surface area (Å²) in [6.45, 7) is 1.94. The van der Waals surface area contributed by atoms with Crippen LogP contribution in [0.2, 0.25) is 0 Å². The van der Waals surface area contributed by atoms with E-state index in [0.29, 0.717) is 33.3 Å². The van der Waals surface area contributed by atoms with E-state index in [1.807, 2.05) is 31.2 Å². The van der Waals surface area contributed by atoms with Crippen LogP contribution in [0.3, 0.4) is 0 Å². The molecule has 43 heavy (non-hydrogen) atoms. The number of fused-ring (bicyclic) bond motifs is 2. The quantitative estimate of drug-likeness (QED) is 0.240. The van der Waals surface area contributed by atoms with Crippen LogP contribution in [0.4, 0.5) is 10.1 Å². The zero-order chi connectivity index (χ0) is 30.6. The highest BCUT2D eigenvalue weighted by molar-refractivity contribution is 7.92. The molecule has 0 saturated carbocycles. The molecule has 0 saturated heterocycles. The molecule has 0 radical (unpaired) electrons. The Morgan fingerprint density at radius 3 is 2.44 bits per heavy atom. The lowest BCUT2D eigenvalue weighted by atomic mass is 10.0. The van der Waals surface area contributed by atoms with E-state index in [-0.39, 0.29) is 33.9 Å². The van der Waals surface area contributed by atoms with Crippen molar-refractivity contribution in [3.63, 3.8) is 0 Å². The molecule has 6 aromatic rings. The number of carbonyl (C=O) groups excluding carboxylic acids is 1. The van der Waals surface area contributed by atoms with Crippen molar-refractivity contribution in [2.75, 3.05) is 24.7 Å². The van der Waals surface area contributed by atoms with Gasteiger partial charge in [0.2, 0.25) is 10.0 Å². The first kappa shape index (κ1) is 27.9. The molecule has 10 nitrogen and oxygen atoms in total. The molecule has 3 heterocycles. The highest BCUT2D eigenvalue weighted by atomic mass is 32.2. The minimum atomic E-state index is -3.78. The number of hydrogen-bond donors (Lipinski definition) is 3. The van der Waals surface area contributed by atoms with Gasteiger partial charge in [0.05, 0.1) is 28.9 Å². The SMILES string of the molecule is CNC(=O)c1c(-c2ccc(C)cc2)oc2cc(N(C)S(C)(=O)=O)c(-c3cc(=O)[nH]c(-c4cc5c(F)cccc5[nH]4)n3)cc12. The number of aromatic nitrogens is 3. The van der Waals surface area contributed by atoms with Crippen molar-refractivity contribution in [1.29, 1.82) is 0 Å². The molecular weight excluding hydrogens is 573 g/mol.